The summed E-state index contributed by atoms with van der Waals surface area (Å²) in [6.07, 6.45) is 1.28. The van der Waals surface area contributed by atoms with E-state index in [-0.39, 0.29) is 0 Å². The van der Waals surface area contributed by atoms with E-state index in [1.165, 1.54) is 22.0 Å². The molecule has 1 aromatic rings. The van der Waals surface area contributed by atoms with Gasteiger partial charge in [0.15, 0.2) is 0 Å². The Morgan fingerprint density at radius 1 is 1.33 bits per heavy atom. The van der Waals surface area contributed by atoms with E-state index in [0.29, 0.717) is 3.41 Å². The van der Waals surface area contributed by atoms with Crippen LogP contribution in [-0.2, 0) is 0 Å². The van der Waals surface area contributed by atoms with Gasteiger partial charge in [0.1, 0.15) is 3.41 Å². The minimum absolute atomic E-state index is 0.453. The summed E-state index contributed by atoms with van der Waals surface area (Å²) in [6.45, 7) is 2.26. The third-order valence-corrected chi connectivity index (χ3v) is 9.98. The van der Waals surface area contributed by atoms with E-state index >= 15 is 0 Å². The number of hydrogen-bond donors (Lipinski definition) is 0. The Balaban J connectivity index is 1.80. The van der Waals surface area contributed by atoms with Gasteiger partial charge >= 0.3 is 0 Å². The fourth-order valence-corrected chi connectivity index (χ4v) is 8.89. The Morgan fingerprint density at radius 3 is 2.93 bits per heavy atom. The van der Waals surface area contributed by atoms with Gasteiger partial charge < -0.3 is 0 Å². The van der Waals surface area contributed by atoms with Crippen LogP contribution in [0.5, 0.6) is 0 Å². The van der Waals surface area contributed by atoms with Crippen LogP contribution in [0.15, 0.2) is 34.1 Å². The van der Waals surface area contributed by atoms with Crippen molar-refractivity contribution in [2.45, 2.75) is 31.1 Å². The van der Waals surface area contributed by atoms with E-state index in [0.717, 1.165) is 4.58 Å². The molecule has 1 fully saturated rings. The largest absolute Gasteiger partial charge is 0.134 e. The molecule has 2 aliphatic rings. The zero-order chi connectivity index (χ0) is 10.3. The van der Waals surface area contributed by atoms with Crippen LogP contribution < -0.4 is 0 Å². The lowest BCUT2D eigenvalue weighted by Crippen LogP contribution is -2.07. The summed E-state index contributed by atoms with van der Waals surface area (Å²) in [4.78, 5) is 2.96. The van der Waals surface area contributed by atoms with Gasteiger partial charge in [-0.2, -0.15) is 0 Å². The fraction of sp³-hybridized carbons (Fsp3) is 0.455. The minimum Gasteiger partial charge on any atom is -0.131 e. The summed E-state index contributed by atoms with van der Waals surface area (Å²) >= 11 is 8.41. The molecule has 0 N–H and O–H groups in total. The molecule has 2 atom stereocenters. The summed E-state index contributed by atoms with van der Waals surface area (Å²) in [7, 11) is 0. The predicted octanol–water partition coefficient (Wildman–Crippen LogP) is 4.75. The lowest BCUT2D eigenvalue weighted by atomic mass is 10.4. The molecule has 0 aromatic heterocycles. The van der Waals surface area contributed by atoms with Crippen LogP contribution in [0.2, 0.25) is 0 Å². The van der Waals surface area contributed by atoms with Crippen LogP contribution in [0.25, 0.3) is 0 Å². The molecule has 3 rings (SSSR count). The van der Waals surface area contributed by atoms with Gasteiger partial charge in [-0.05, 0) is 24.3 Å². The van der Waals surface area contributed by atoms with Crippen molar-refractivity contribution in [3.8, 4) is 0 Å². The van der Waals surface area contributed by atoms with Crippen LogP contribution in [0.4, 0.5) is 0 Å². The first-order valence-corrected chi connectivity index (χ1v) is 8.67. The molecule has 2 unspecified atom stereocenters. The van der Waals surface area contributed by atoms with Crippen molar-refractivity contribution >= 4 is 47.0 Å². The second-order valence-corrected chi connectivity index (χ2v) is 9.77. The average molecular weight is 272 g/mol. The van der Waals surface area contributed by atoms with Gasteiger partial charge in [0, 0.05) is 9.79 Å². The molecule has 0 saturated carbocycles. The zero-order valence-electron chi connectivity index (χ0n) is 8.43. The number of thioether (sulfide) groups is 4. The summed E-state index contributed by atoms with van der Waals surface area (Å²) in [5.41, 5.74) is 0. The van der Waals surface area contributed by atoms with Gasteiger partial charge in [-0.15, -0.1) is 35.3 Å². The molecule has 0 bridgehead atoms. The van der Waals surface area contributed by atoms with Gasteiger partial charge in [-0.25, -0.2) is 0 Å². The standard InChI is InChI=1S/C11H12S4/c1-2-7-12-11-10(15-11)13-8-5-3-4-6-9(8)14-11/h3-6,10H,2,7H2,1H3. The molecular formula is C11H12S4. The Labute approximate surface area is 108 Å². The van der Waals surface area contributed by atoms with Crippen molar-refractivity contribution in [2.24, 2.45) is 0 Å². The van der Waals surface area contributed by atoms with E-state index < -0.39 is 0 Å². The molecule has 0 aliphatic carbocycles. The molecule has 15 heavy (non-hydrogen) atoms. The van der Waals surface area contributed by atoms with Gasteiger partial charge in [0.2, 0.25) is 0 Å². The van der Waals surface area contributed by atoms with Crippen molar-refractivity contribution in [3.05, 3.63) is 24.3 Å². The molecule has 0 spiro atoms. The van der Waals surface area contributed by atoms with Crippen molar-refractivity contribution in [3.63, 3.8) is 0 Å². The van der Waals surface area contributed by atoms with Gasteiger partial charge in [-0.3, -0.25) is 0 Å². The highest BCUT2D eigenvalue weighted by molar-refractivity contribution is 8.45. The first kappa shape index (κ1) is 10.8. The molecule has 0 radical (unpaired) electrons. The fourth-order valence-electron chi connectivity index (χ4n) is 1.56. The first-order valence-electron chi connectivity index (χ1n) is 5.10. The van der Waals surface area contributed by atoms with Gasteiger partial charge in [0.25, 0.3) is 0 Å². The molecule has 4 heteroatoms. The van der Waals surface area contributed by atoms with Crippen molar-refractivity contribution in [1.82, 2.24) is 0 Å². The predicted molar refractivity (Wildman–Crippen MR) is 75.0 cm³/mol. The first-order chi connectivity index (χ1) is 7.34. The summed E-state index contributed by atoms with van der Waals surface area (Å²) in [5, 5.41) is 0. The van der Waals surface area contributed by atoms with Crippen LogP contribution in [-0.4, -0.2) is 13.7 Å². The quantitative estimate of drug-likeness (QED) is 0.728. The number of hydrogen-bond acceptors (Lipinski definition) is 4. The van der Waals surface area contributed by atoms with Crippen molar-refractivity contribution in [2.75, 3.05) is 5.75 Å². The zero-order valence-corrected chi connectivity index (χ0v) is 11.7. The summed E-state index contributed by atoms with van der Waals surface area (Å²) in [5.74, 6) is 1.29. The number of fused-ring (bicyclic) bond motifs is 2. The molecule has 0 amide bonds. The molecule has 2 heterocycles. The molecule has 1 aromatic carbocycles. The number of benzene rings is 1. The van der Waals surface area contributed by atoms with Crippen LogP contribution in [0, 0.1) is 0 Å². The minimum atomic E-state index is 0.453. The maximum absolute atomic E-state index is 2.26. The second kappa shape index (κ2) is 4.13. The second-order valence-electron chi connectivity index (χ2n) is 3.57. The SMILES string of the molecule is CCCSC12Sc3ccccc3SC1S2. The smallest absolute Gasteiger partial charge is 0.131 e. The molecule has 0 nitrogen and oxygen atoms in total. The van der Waals surface area contributed by atoms with Crippen LogP contribution >= 0.6 is 47.0 Å². The highest BCUT2D eigenvalue weighted by atomic mass is 32.3. The van der Waals surface area contributed by atoms with E-state index in [2.05, 4.69) is 78.2 Å². The van der Waals surface area contributed by atoms with E-state index in [1.807, 2.05) is 0 Å². The average Bonchev–Trinajstić information content (AvgIpc) is 2.96. The maximum atomic E-state index is 2.26. The third-order valence-electron chi connectivity index (χ3n) is 2.35. The Kier molecular flexibility index (Phi) is 2.96. The Morgan fingerprint density at radius 2 is 2.13 bits per heavy atom. The van der Waals surface area contributed by atoms with E-state index in [4.69, 9.17) is 0 Å². The maximum Gasteiger partial charge on any atom is 0.134 e. The van der Waals surface area contributed by atoms with Gasteiger partial charge in [0.05, 0.1) is 4.58 Å². The topological polar surface area (TPSA) is 0 Å². The highest BCUT2D eigenvalue weighted by Gasteiger charge is 2.60. The van der Waals surface area contributed by atoms with E-state index in [9.17, 15) is 0 Å². The highest BCUT2D eigenvalue weighted by Crippen LogP contribution is 2.77. The lowest BCUT2D eigenvalue weighted by Gasteiger charge is -2.20. The summed E-state index contributed by atoms with van der Waals surface area (Å²) in [6, 6.07) is 8.81. The third kappa shape index (κ3) is 1.94. The monoisotopic (exact) mass is 272 g/mol. The molecule has 80 valence electrons. The Bertz CT molecular complexity index is 379. The number of rotatable bonds is 3. The normalized spacial score (nSPS) is 31.9. The Hall–Kier alpha value is 0.620. The van der Waals surface area contributed by atoms with Crippen molar-refractivity contribution in [1.29, 1.82) is 0 Å². The van der Waals surface area contributed by atoms with Crippen LogP contribution in [0.1, 0.15) is 13.3 Å². The molecular weight excluding hydrogens is 260 g/mol. The lowest BCUT2D eigenvalue weighted by molar-refractivity contribution is 1.10. The van der Waals surface area contributed by atoms with E-state index in [1.54, 1.807) is 0 Å². The van der Waals surface area contributed by atoms with Crippen molar-refractivity contribution < 1.29 is 0 Å². The van der Waals surface area contributed by atoms with Gasteiger partial charge in [-0.1, -0.05) is 30.8 Å². The molecule has 2 aliphatic heterocycles. The van der Waals surface area contributed by atoms with Crippen LogP contribution in [0.3, 0.4) is 0 Å². The molecule has 1 saturated heterocycles. The summed E-state index contributed by atoms with van der Waals surface area (Å²) < 4.78 is 1.24.